The summed E-state index contributed by atoms with van der Waals surface area (Å²) >= 11 is 0. The Kier molecular flexibility index (Phi) is 6.82. The largest absolute Gasteiger partial charge is 0.497 e. The van der Waals surface area contributed by atoms with Gasteiger partial charge in [-0.05, 0) is 42.0 Å². The van der Waals surface area contributed by atoms with Gasteiger partial charge in [-0.2, -0.15) is 0 Å². The van der Waals surface area contributed by atoms with Crippen molar-refractivity contribution in [3.63, 3.8) is 0 Å². The number of hydrogen-bond donors (Lipinski definition) is 1. The molecule has 0 saturated carbocycles. The molecule has 1 N–H and O–H groups in total. The molecule has 7 heteroatoms. The third kappa shape index (κ3) is 4.92. The molecule has 1 fully saturated rings. The van der Waals surface area contributed by atoms with Gasteiger partial charge in [-0.1, -0.05) is 12.1 Å². The molecular formula is C22H25FN2O4. The number of likely N-dealkylation sites (tertiary alicyclic amines) is 1. The average molecular weight is 400 g/mol. The average Bonchev–Trinajstić information content (AvgIpc) is 3.19. The maximum Gasteiger partial charge on any atom is 0.253 e. The minimum Gasteiger partial charge on any atom is -0.497 e. The van der Waals surface area contributed by atoms with Crippen LogP contribution in [0.1, 0.15) is 21.8 Å². The molecule has 0 aromatic heterocycles. The molecule has 0 radical (unpaired) electrons. The quantitative estimate of drug-likeness (QED) is 0.725. The lowest BCUT2D eigenvalue weighted by Gasteiger charge is -2.18. The first kappa shape index (κ1) is 20.8. The number of ether oxygens (including phenoxy) is 2. The van der Waals surface area contributed by atoms with Crippen molar-refractivity contribution in [3.05, 3.63) is 65.5 Å². The van der Waals surface area contributed by atoms with Crippen molar-refractivity contribution in [2.24, 2.45) is 5.92 Å². The fourth-order valence-corrected chi connectivity index (χ4v) is 3.63. The SMILES string of the molecule is COCCNC(=O)C1CN(C(=O)c2ccc(F)cc2)CC1c1cccc(OC)c1. The molecule has 6 nitrogen and oxygen atoms in total. The third-order valence-corrected chi connectivity index (χ3v) is 5.16. The van der Waals surface area contributed by atoms with Crippen LogP contribution in [-0.2, 0) is 9.53 Å². The first-order valence-corrected chi connectivity index (χ1v) is 9.49. The Hall–Kier alpha value is -2.93. The highest BCUT2D eigenvalue weighted by atomic mass is 19.1. The Bertz CT molecular complexity index is 856. The monoisotopic (exact) mass is 400 g/mol. The molecule has 2 amide bonds. The van der Waals surface area contributed by atoms with E-state index in [1.807, 2.05) is 24.3 Å². The Balaban J connectivity index is 1.83. The fourth-order valence-electron chi connectivity index (χ4n) is 3.63. The summed E-state index contributed by atoms with van der Waals surface area (Å²) in [5, 5.41) is 2.88. The standard InChI is InChI=1S/C22H25FN2O4/c1-28-11-10-24-21(26)20-14-25(22(27)15-6-8-17(23)9-7-15)13-19(20)16-4-3-5-18(12-16)29-2/h3-9,12,19-20H,10-11,13-14H2,1-2H3,(H,24,26). The smallest absolute Gasteiger partial charge is 0.253 e. The Labute approximate surface area is 169 Å². The lowest BCUT2D eigenvalue weighted by molar-refractivity contribution is -0.125. The second-order valence-corrected chi connectivity index (χ2v) is 6.99. The van der Waals surface area contributed by atoms with Crippen molar-refractivity contribution in [2.75, 3.05) is 40.5 Å². The zero-order chi connectivity index (χ0) is 20.8. The van der Waals surface area contributed by atoms with Crippen LogP contribution in [-0.4, -0.2) is 57.2 Å². The van der Waals surface area contributed by atoms with Gasteiger partial charge in [0, 0.05) is 38.2 Å². The number of nitrogens with zero attached hydrogens (tertiary/aromatic N) is 1. The van der Waals surface area contributed by atoms with Gasteiger partial charge in [0.1, 0.15) is 11.6 Å². The van der Waals surface area contributed by atoms with E-state index in [9.17, 15) is 14.0 Å². The number of carbonyl (C=O) groups excluding carboxylic acids is 2. The van der Waals surface area contributed by atoms with Gasteiger partial charge < -0.3 is 19.7 Å². The Morgan fingerprint density at radius 3 is 2.59 bits per heavy atom. The highest BCUT2D eigenvalue weighted by Gasteiger charge is 2.40. The Morgan fingerprint density at radius 1 is 1.14 bits per heavy atom. The summed E-state index contributed by atoms with van der Waals surface area (Å²) in [6, 6.07) is 13.0. The molecule has 1 aliphatic rings. The Morgan fingerprint density at radius 2 is 1.90 bits per heavy atom. The van der Waals surface area contributed by atoms with Crippen molar-refractivity contribution in [1.29, 1.82) is 0 Å². The summed E-state index contributed by atoms with van der Waals surface area (Å²) < 4.78 is 23.5. The van der Waals surface area contributed by atoms with Crippen molar-refractivity contribution >= 4 is 11.8 Å². The minimum absolute atomic E-state index is 0.121. The topological polar surface area (TPSA) is 67.9 Å². The molecule has 1 heterocycles. The molecule has 1 saturated heterocycles. The predicted octanol–water partition coefficient (Wildman–Crippen LogP) is 2.45. The third-order valence-electron chi connectivity index (χ3n) is 5.16. The van der Waals surface area contributed by atoms with Gasteiger partial charge in [0.2, 0.25) is 5.91 Å². The first-order chi connectivity index (χ1) is 14.0. The molecule has 2 aromatic carbocycles. The van der Waals surface area contributed by atoms with Gasteiger partial charge in [-0.15, -0.1) is 0 Å². The van der Waals surface area contributed by atoms with Crippen LogP contribution in [0.5, 0.6) is 5.75 Å². The molecule has 2 unspecified atom stereocenters. The molecule has 2 aromatic rings. The molecule has 0 aliphatic carbocycles. The van der Waals surface area contributed by atoms with Crippen LogP contribution in [0.4, 0.5) is 4.39 Å². The zero-order valence-electron chi connectivity index (χ0n) is 16.6. The number of halogens is 1. The van der Waals surface area contributed by atoms with E-state index < -0.39 is 11.7 Å². The number of nitrogens with one attached hydrogen (secondary N) is 1. The van der Waals surface area contributed by atoms with Crippen molar-refractivity contribution in [1.82, 2.24) is 10.2 Å². The van der Waals surface area contributed by atoms with Gasteiger partial charge in [0.25, 0.3) is 5.91 Å². The van der Waals surface area contributed by atoms with Crippen LogP contribution in [0.15, 0.2) is 48.5 Å². The molecule has 154 valence electrons. The molecule has 3 rings (SSSR count). The lowest BCUT2D eigenvalue weighted by Crippen LogP contribution is -2.37. The summed E-state index contributed by atoms with van der Waals surface area (Å²) in [5.41, 5.74) is 1.34. The second kappa shape index (κ2) is 9.52. The van der Waals surface area contributed by atoms with Crippen LogP contribution in [0.2, 0.25) is 0 Å². The summed E-state index contributed by atoms with van der Waals surface area (Å²) in [4.78, 5) is 27.4. The minimum atomic E-state index is -0.400. The van der Waals surface area contributed by atoms with E-state index in [1.54, 1.807) is 19.1 Å². The highest BCUT2D eigenvalue weighted by molar-refractivity contribution is 5.95. The molecule has 0 spiro atoms. The number of carbonyl (C=O) groups is 2. The molecular weight excluding hydrogens is 375 g/mol. The normalized spacial score (nSPS) is 18.5. The van der Waals surface area contributed by atoms with Crippen LogP contribution in [0.25, 0.3) is 0 Å². The maximum absolute atomic E-state index is 13.2. The first-order valence-electron chi connectivity index (χ1n) is 9.49. The van der Waals surface area contributed by atoms with Crippen LogP contribution < -0.4 is 10.1 Å². The number of benzene rings is 2. The van der Waals surface area contributed by atoms with Crippen LogP contribution >= 0.6 is 0 Å². The van der Waals surface area contributed by atoms with Crippen molar-refractivity contribution < 1.29 is 23.5 Å². The summed E-state index contributed by atoms with van der Waals surface area (Å²) in [6.07, 6.45) is 0. The van der Waals surface area contributed by atoms with Crippen molar-refractivity contribution in [3.8, 4) is 5.75 Å². The van der Waals surface area contributed by atoms with E-state index in [0.29, 0.717) is 31.0 Å². The van der Waals surface area contributed by atoms with E-state index in [1.165, 1.54) is 24.3 Å². The van der Waals surface area contributed by atoms with Crippen molar-refractivity contribution in [2.45, 2.75) is 5.92 Å². The molecule has 29 heavy (non-hydrogen) atoms. The summed E-state index contributed by atoms with van der Waals surface area (Å²) in [5.74, 6) is -0.605. The van der Waals surface area contributed by atoms with E-state index >= 15 is 0 Å². The van der Waals surface area contributed by atoms with E-state index in [0.717, 1.165) is 5.56 Å². The molecule has 1 aliphatic heterocycles. The summed E-state index contributed by atoms with van der Waals surface area (Å²) in [7, 11) is 3.16. The maximum atomic E-state index is 13.2. The molecule has 0 bridgehead atoms. The second-order valence-electron chi connectivity index (χ2n) is 6.99. The van der Waals surface area contributed by atoms with Gasteiger partial charge >= 0.3 is 0 Å². The van der Waals surface area contributed by atoms with Gasteiger partial charge in [-0.25, -0.2) is 4.39 Å². The number of hydrogen-bond acceptors (Lipinski definition) is 4. The van der Waals surface area contributed by atoms with E-state index in [-0.39, 0.29) is 24.3 Å². The van der Waals surface area contributed by atoms with Crippen LogP contribution in [0.3, 0.4) is 0 Å². The predicted molar refractivity (Wildman–Crippen MR) is 106 cm³/mol. The number of methoxy groups -OCH3 is 2. The van der Waals surface area contributed by atoms with Crippen LogP contribution in [0, 0.1) is 11.7 Å². The van der Waals surface area contributed by atoms with Gasteiger partial charge in [-0.3, -0.25) is 9.59 Å². The fraction of sp³-hybridized carbons (Fsp3) is 0.364. The zero-order valence-corrected chi connectivity index (χ0v) is 16.6. The van der Waals surface area contributed by atoms with E-state index in [2.05, 4.69) is 5.32 Å². The number of rotatable bonds is 7. The lowest BCUT2D eigenvalue weighted by atomic mass is 9.88. The highest BCUT2D eigenvalue weighted by Crippen LogP contribution is 2.35. The number of amides is 2. The van der Waals surface area contributed by atoms with Gasteiger partial charge in [0.05, 0.1) is 19.6 Å². The molecule has 2 atom stereocenters. The van der Waals surface area contributed by atoms with Gasteiger partial charge in [0.15, 0.2) is 0 Å². The van der Waals surface area contributed by atoms with E-state index in [4.69, 9.17) is 9.47 Å². The summed E-state index contributed by atoms with van der Waals surface area (Å²) in [6.45, 7) is 1.51.